The first kappa shape index (κ1) is 13.2. The SMILES string of the molecule is [Cl-].c1ccc2c(c1)c[nH+]c1c3cc4c(cc3ccc21)OCO4. The summed E-state index contributed by atoms with van der Waals surface area (Å²) in [5, 5.41) is 6.00. The van der Waals surface area contributed by atoms with Crippen molar-refractivity contribution in [1.82, 2.24) is 0 Å². The average molecular weight is 310 g/mol. The summed E-state index contributed by atoms with van der Waals surface area (Å²) in [6.07, 6.45) is 2.06. The third-order valence-electron chi connectivity index (χ3n) is 4.14. The van der Waals surface area contributed by atoms with E-state index in [1.54, 1.807) is 0 Å². The molecule has 0 aliphatic carbocycles. The molecule has 3 nitrogen and oxygen atoms in total. The number of pyridine rings is 1. The standard InChI is InChI=1S/C18H11NO2.ClH/c1-2-4-13-12(3-1)9-19-18-14(13)6-5-11-7-16-17(8-15(11)18)21-10-20-16;/h1-9H,10H2;1H. The smallest absolute Gasteiger partial charge is 0.231 e. The van der Waals surface area contributed by atoms with Crippen molar-refractivity contribution >= 4 is 32.4 Å². The van der Waals surface area contributed by atoms with Gasteiger partial charge in [-0.3, -0.25) is 0 Å². The van der Waals surface area contributed by atoms with Gasteiger partial charge in [-0.1, -0.05) is 24.3 Å². The highest BCUT2D eigenvalue weighted by Crippen LogP contribution is 2.38. The molecule has 0 atom stereocenters. The second-order valence-electron chi connectivity index (χ2n) is 5.29. The first-order valence-electron chi connectivity index (χ1n) is 6.96. The van der Waals surface area contributed by atoms with Crippen LogP contribution in [0.25, 0.3) is 32.4 Å². The van der Waals surface area contributed by atoms with Crippen LogP contribution in [0.5, 0.6) is 11.5 Å². The molecule has 108 valence electrons. The molecule has 1 aromatic heterocycles. The number of aromatic amines is 1. The molecule has 3 aromatic carbocycles. The molecular formula is C18H12ClNO2. The van der Waals surface area contributed by atoms with Crippen LogP contribution in [0.15, 0.2) is 54.7 Å². The molecule has 0 radical (unpaired) electrons. The highest BCUT2D eigenvalue weighted by atomic mass is 35.5. The number of hydrogen-bond donors (Lipinski definition) is 0. The lowest BCUT2D eigenvalue weighted by atomic mass is 10.0. The predicted molar refractivity (Wildman–Crippen MR) is 81.6 cm³/mol. The maximum absolute atomic E-state index is 5.51. The van der Waals surface area contributed by atoms with Crippen molar-refractivity contribution in [3.63, 3.8) is 0 Å². The molecule has 4 aromatic rings. The van der Waals surface area contributed by atoms with Gasteiger partial charge in [0.25, 0.3) is 0 Å². The molecule has 2 heterocycles. The fourth-order valence-electron chi connectivity index (χ4n) is 3.11. The Morgan fingerprint density at radius 2 is 1.59 bits per heavy atom. The molecule has 22 heavy (non-hydrogen) atoms. The normalized spacial score (nSPS) is 12.7. The second kappa shape index (κ2) is 4.75. The summed E-state index contributed by atoms with van der Waals surface area (Å²) in [4.78, 5) is 3.43. The summed E-state index contributed by atoms with van der Waals surface area (Å²) < 4.78 is 11.0. The lowest BCUT2D eigenvalue weighted by Gasteiger charge is -2.04. The van der Waals surface area contributed by atoms with Crippen molar-refractivity contribution in [2.24, 2.45) is 0 Å². The van der Waals surface area contributed by atoms with Crippen molar-refractivity contribution in [3.8, 4) is 11.5 Å². The molecule has 1 aliphatic rings. The number of benzene rings is 3. The van der Waals surface area contributed by atoms with Gasteiger partial charge in [-0.2, -0.15) is 0 Å². The summed E-state index contributed by atoms with van der Waals surface area (Å²) in [5.74, 6) is 1.64. The second-order valence-corrected chi connectivity index (χ2v) is 5.29. The molecule has 0 saturated heterocycles. The Labute approximate surface area is 132 Å². The van der Waals surface area contributed by atoms with E-state index in [0.29, 0.717) is 6.79 Å². The van der Waals surface area contributed by atoms with Crippen molar-refractivity contribution < 1.29 is 26.9 Å². The monoisotopic (exact) mass is 309 g/mol. The van der Waals surface area contributed by atoms with Crippen LogP contribution in [-0.2, 0) is 0 Å². The number of hydrogen-bond acceptors (Lipinski definition) is 2. The summed E-state index contributed by atoms with van der Waals surface area (Å²) in [7, 11) is 0. The van der Waals surface area contributed by atoms with Gasteiger partial charge >= 0.3 is 0 Å². The molecule has 1 aliphatic heterocycles. The fraction of sp³-hybridized carbons (Fsp3) is 0.0556. The van der Waals surface area contributed by atoms with Crippen molar-refractivity contribution in [2.75, 3.05) is 6.79 Å². The van der Waals surface area contributed by atoms with Crippen LogP contribution in [0.2, 0.25) is 0 Å². The van der Waals surface area contributed by atoms with Crippen LogP contribution < -0.4 is 26.9 Å². The predicted octanol–water partition coefficient (Wildman–Crippen LogP) is 0.693. The van der Waals surface area contributed by atoms with Crippen molar-refractivity contribution in [3.05, 3.63) is 54.7 Å². The van der Waals surface area contributed by atoms with E-state index in [9.17, 15) is 0 Å². The van der Waals surface area contributed by atoms with E-state index in [2.05, 4.69) is 53.6 Å². The average Bonchev–Trinajstić information content (AvgIpc) is 2.99. The molecule has 0 amide bonds. The summed E-state index contributed by atoms with van der Waals surface area (Å²) in [6, 6.07) is 16.8. The Hall–Kier alpha value is -2.52. The van der Waals surface area contributed by atoms with Gasteiger partial charge in [0, 0.05) is 10.8 Å². The van der Waals surface area contributed by atoms with Crippen molar-refractivity contribution in [1.29, 1.82) is 0 Å². The molecule has 1 N–H and O–H groups in total. The minimum atomic E-state index is 0. The molecule has 0 spiro atoms. The molecule has 0 unspecified atom stereocenters. The number of fused-ring (bicyclic) bond motifs is 6. The highest BCUT2D eigenvalue weighted by molar-refractivity contribution is 6.13. The zero-order valence-electron chi connectivity index (χ0n) is 11.6. The van der Waals surface area contributed by atoms with E-state index in [0.717, 1.165) is 27.8 Å². The first-order valence-corrected chi connectivity index (χ1v) is 6.96. The lowest BCUT2D eigenvalue weighted by Crippen LogP contribution is -3.00. The Bertz CT molecular complexity index is 1030. The van der Waals surface area contributed by atoms with E-state index in [1.807, 2.05) is 6.07 Å². The van der Waals surface area contributed by atoms with Gasteiger partial charge in [-0.15, -0.1) is 0 Å². The van der Waals surface area contributed by atoms with Crippen LogP contribution in [-0.4, -0.2) is 6.79 Å². The fourth-order valence-corrected chi connectivity index (χ4v) is 3.11. The van der Waals surface area contributed by atoms with E-state index >= 15 is 0 Å². The van der Waals surface area contributed by atoms with Crippen LogP contribution in [0.4, 0.5) is 0 Å². The molecule has 0 bridgehead atoms. The lowest BCUT2D eigenvalue weighted by molar-refractivity contribution is -0.341. The number of aromatic nitrogens is 1. The maximum Gasteiger partial charge on any atom is 0.231 e. The van der Waals surface area contributed by atoms with Crippen LogP contribution in [0.1, 0.15) is 0 Å². The van der Waals surface area contributed by atoms with Gasteiger partial charge in [0.15, 0.2) is 17.7 Å². The van der Waals surface area contributed by atoms with Crippen LogP contribution in [0.3, 0.4) is 0 Å². The molecule has 0 saturated carbocycles. The van der Waals surface area contributed by atoms with E-state index in [4.69, 9.17) is 9.47 Å². The van der Waals surface area contributed by atoms with E-state index in [1.165, 1.54) is 16.2 Å². The van der Waals surface area contributed by atoms with E-state index < -0.39 is 0 Å². The Morgan fingerprint density at radius 1 is 0.773 bits per heavy atom. The van der Waals surface area contributed by atoms with Gasteiger partial charge in [-0.25, -0.2) is 4.98 Å². The first-order chi connectivity index (χ1) is 10.4. The third kappa shape index (κ3) is 1.72. The number of H-pyrrole nitrogens is 1. The maximum atomic E-state index is 5.51. The zero-order chi connectivity index (χ0) is 13.8. The minimum absolute atomic E-state index is 0. The van der Waals surface area contributed by atoms with Gasteiger partial charge in [0.1, 0.15) is 0 Å². The van der Waals surface area contributed by atoms with E-state index in [-0.39, 0.29) is 12.4 Å². The zero-order valence-corrected chi connectivity index (χ0v) is 12.4. The highest BCUT2D eigenvalue weighted by Gasteiger charge is 2.17. The largest absolute Gasteiger partial charge is 1.00 e. The Morgan fingerprint density at radius 3 is 2.50 bits per heavy atom. The molecule has 5 rings (SSSR count). The van der Waals surface area contributed by atoms with Gasteiger partial charge in [0.2, 0.25) is 12.3 Å². The number of halogens is 1. The third-order valence-corrected chi connectivity index (χ3v) is 4.14. The van der Waals surface area contributed by atoms with Gasteiger partial charge < -0.3 is 21.9 Å². The molecular weight excluding hydrogens is 298 g/mol. The van der Waals surface area contributed by atoms with Gasteiger partial charge in [-0.05, 0) is 29.7 Å². The number of ether oxygens (including phenoxy) is 2. The Balaban J connectivity index is 0.00000125. The number of rotatable bonds is 0. The van der Waals surface area contributed by atoms with Crippen molar-refractivity contribution in [2.45, 2.75) is 0 Å². The molecule has 0 fully saturated rings. The summed E-state index contributed by atoms with van der Waals surface area (Å²) >= 11 is 0. The van der Waals surface area contributed by atoms with Crippen LogP contribution >= 0.6 is 0 Å². The summed E-state index contributed by atoms with van der Waals surface area (Å²) in [6.45, 7) is 0.302. The molecule has 4 heteroatoms. The van der Waals surface area contributed by atoms with Crippen LogP contribution in [0, 0.1) is 0 Å². The van der Waals surface area contributed by atoms with Gasteiger partial charge in [0.05, 0.1) is 10.8 Å². The quantitative estimate of drug-likeness (QED) is 0.448. The summed E-state index contributed by atoms with van der Waals surface area (Å²) in [5.41, 5.74) is 1.13. The minimum Gasteiger partial charge on any atom is -1.00 e. The number of nitrogens with one attached hydrogen (secondary N) is 1. The topological polar surface area (TPSA) is 32.6 Å². The Kier molecular flexibility index (Phi) is 2.84.